The number of esters is 1. The van der Waals surface area contributed by atoms with Gasteiger partial charge in [0.15, 0.2) is 6.10 Å². The third kappa shape index (κ3) is 4.59. The lowest BCUT2D eigenvalue weighted by Gasteiger charge is -2.18. The molecule has 2 rings (SSSR count). The van der Waals surface area contributed by atoms with Crippen molar-refractivity contribution in [3.63, 3.8) is 0 Å². The van der Waals surface area contributed by atoms with Gasteiger partial charge in [-0.05, 0) is 74.7 Å². The number of amides is 1. The molecule has 0 spiro atoms. The van der Waals surface area contributed by atoms with Gasteiger partial charge in [0.05, 0.1) is 12.7 Å². The molecule has 0 saturated heterocycles. The van der Waals surface area contributed by atoms with E-state index >= 15 is 0 Å². The summed E-state index contributed by atoms with van der Waals surface area (Å²) in [4.78, 5) is 23.8. The minimum Gasteiger partial charge on any atom is -0.481 e. The van der Waals surface area contributed by atoms with Crippen molar-refractivity contribution in [3.05, 3.63) is 58.7 Å². The number of nitrogens with one attached hydrogen (secondary N) is 1. The van der Waals surface area contributed by atoms with Gasteiger partial charge in [-0.15, -0.1) is 0 Å². The minimum atomic E-state index is -0.653. The van der Waals surface area contributed by atoms with Gasteiger partial charge in [-0.1, -0.05) is 6.07 Å². The Morgan fingerprint density at radius 3 is 2.28 bits per heavy atom. The smallest absolute Gasteiger partial charge is 0.337 e. The average Bonchev–Trinajstić information content (AvgIpc) is 2.59. The van der Waals surface area contributed by atoms with Crippen molar-refractivity contribution in [3.8, 4) is 5.75 Å². The first-order valence-electron chi connectivity index (χ1n) is 8.05. The minimum absolute atomic E-state index is 0.260. The summed E-state index contributed by atoms with van der Waals surface area (Å²) < 4.78 is 10.5. The highest BCUT2D eigenvalue weighted by Crippen LogP contribution is 2.24. The van der Waals surface area contributed by atoms with E-state index in [1.807, 2.05) is 26.8 Å². The van der Waals surface area contributed by atoms with E-state index in [4.69, 9.17) is 4.74 Å². The molecule has 1 atom stereocenters. The molecule has 1 amide bonds. The van der Waals surface area contributed by atoms with Crippen molar-refractivity contribution in [1.82, 2.24) is 0 Å². The number of carbonyl (C=O) groups is 2. The van der Waals surface area contributed by atoms with Crippen molar-refractivity contribution in [1.29, 1.82) is 0 Å². The average molecular weight is 341 g/mol. The molecule has 0 saturated carbocycles. The number of hydrogen-bond acceptors (Lipinski definition) is 4. The van der Waals surface area contributed by atoms with Crippen LogP contribution in [0.25, 0.3) is 0 Å². The molecule has 1 N–H and O–H groups in total. The summed E-state index contributed by atoms with van der Waals surface area (Å²) in [5, 5.41) is 2.78. The maximum Gasteiger partial charge on any atom is 0.337 e. The van der Waals surface area contributed by atoms with Crippen LogP contribution < -0.4 is 10.1 Å². The molecule has 0 aliphatic heterocycles. The molecule has 0 aliphatic rings. The summed E-state index contributed by atoms with van der Waals surface area (Å²) >= 11 is 0. The molecule has 5 heteroatoms. The zero-order valence-electron chi connectivity index (χ0n) is 15.2. The van der Waals surface area contributed by atoms with E-state index in [0.717, 1.165) is 16.7 Å². The molecule has 132 valence electrons. The van der Waals surface area contributed by atoms with Crippen LogP contribution in [0.15, 0.2) is 36.4 Å². The second kappa shape index (κ2) is 7.83. The van der Waals surface area contributed by atoms with Gasteiger partial charge >= 0.3 is 5.97 Å². The maximum atomic E-state index is 12.3. The molecule has 2 aromatic rings. The largest absolute Gasteiger partial charge is 0.481 e. The number of benzene rings is 2. The lowest BCUT2D eigenvalue weighted by Crippen LogP contribution is -2.30. The van der Waals surface area contributed by atoms with Crippen LogP contribution in [0.1, 0.15) is 34.0 Å². The lowest BCUT2D eigenvalue weighted by atomic mass is 10.1. The summed E-state index contributed by atoms with van der Waals surface area (Å²) in [7, 11) is 1.33. The zero-order chi connectivity index (χ0) is 18.6. The predicted molar refractivity (Wildman–Crippen MR) is 97.2 cm³/mol. The third-order valence-electron chi connectivity index (χ3n) is 4.01. The Morgan fingerprint density at radius 1 is 1.04 bits per heavy atom. The number of carbonyl (C=O) groups excluding carboxylic acids is 2. The first kappa shape index (κ1) is 18.5. The quantitative estimate of drug-likeness (QED) is 0.840. The summed E-state index contributed by atoms with van der Waals surface area (Å²) in [6.07, 6.45) is -0.653. The van der Waals surface area contributed by atoms with E-state index in [0.29, 0.717) is 17.0 Å². The summed E-state index contributed by atoms with van der Waals surface area (Å²) in [6, 6.07) is 10.5. The Kier molecular flexibility index (Phi) is 5.80. The molecule has 25 heavy (non-hydrogen) atoms. The molecular formula is C20H23NO4. The van der Waals surface area contributed by atoms with Gasteiger partial charge in [0.1, 0.15) is 5.75 Å². The number of rotatable bonds is 5. The second-order valence-corrected chi connectivity index (χ2v) is 6.02. The van der Waals surface area contributed by atoms with Crippen LogP contribution in [0, 0.1) is 20.8 Å². The van der Waals surface area contributed by atoms with Gasteiger partial charge < -0.3 is 14.8 Å². The first-order chi connectivity index (χ1) is 11.8. The molecule has 0 heterocycles. The SMILES string of the molecule is COC(=O)c1ccc(NC(=O)[C@@H](C)Oc2cc(C)cc(C)c2C)cc1. The van der Waals surface area contributed by atoms with Crippen molar-refractivity contribution in [2.24, 2.45) is 0 Å². The van der Waals surface area contributed by atoms with E-state index in [1.165, 1.54) is 7.11 Å². The summed E-state index contributed by atoms with van der Waals surface area (Å²) in [5.74, 6) is 0.0328. The molecule has 2 aromatic carbocycles. The van der Waals surface area contributed by atoms with Crippen LogP contribution >= 0.6 is 0 Å². The molecular weight excluding hydrogens is 318 g/mol. The van der Waals surface area contributed by atoms with Crippen LogP contribution in [-0.2, 0) is 9.53 Å². The highest BCUT2D eigenvalue weighted by molar-refractivity contribution is 5.95. The fourth-order valence-corrected chi connectivity index (χ4v) is 2.42. The number of anilines is 1. The standard InChI is InChI=1S/C20H23NO4/c1-12-10-13(2)14(3)18(11-12)25-15(4)19(22)21-17-8-6-16(7-9-17)20(23)24-5/h6-11,15H,1-5H3,(H,21,22)/t15-/m1/s1. The van der Waals surface area contributed by atoms with Gasteiger partial charge in [0.25, 0.3) is 5.91 Å². The fraction of sp³-hybridized carbons (Fsp3) is 0.300. The number of ether oxygens (including phenoxy) is 2. The Morgan fingerprint density at radius 2 is 1.68 bits per heavy atom. The van der Waals surface area contributed by atoms with Crippen LogP contribution in [0.3, 0.4) is 0 Å². The van der Waals surface area contributed by atoms with Crippen LogP contribution in [0.4, 0.5) is 5.69 Å². The highest BCUT2D eigenvalue weighted by Gasteiger charge is 2.17. The molecule has 0 bridgehead atoms. The zero-order valence-corrected chi connectivity index (χ0v) is 15.2. The van der Waals surface area contributed by atoms with Crippen molar-refractivity contribution in [2.75, 3.05) is 12.4 Å². The van der Waals surface area contributed by atoms with Crippen molar-refractivity contribution >= 4 is 17.6 Å². The molecule has 0 unspecified atom stereocenters. The number of hydrogen-bond donors (Lipinski definition) is 1. The second-order valence-electron chi connectivity index (χ2n) is 6.02. The van der Waals surface area contributed by atoms with E-state index in [-0.39, 0.29) is 5.91 Å². The fourth-order valence-electron chi connectivity index (χ4n) is 2.42. The van der Waals surface area contributed by atoms with Crippen LogP contribution in [-0.4, -0.2) is 25.1 Å². The number of methoxy groups -OCH3 is 1. The van der Waals surface area contributed by atoms with Crippen LogP contribution in [0.2, 0.25) is 0 Å². The summed E-state index contributed by atoms with van der Waals surface area (Å²) in [5.41, 5.74) is 4.25. The Bertz CT molecular complexity index is 781. The monoisotopic (exact) mass is 341 g/mol. The van der Waals surface area contributed by atoms with Gasteiger partial charge in [0.2, 0.25) is 0 Å². The lowest BCUT2D eigenvalue weighted by molar-refractivity contribution is -0.122. The topological polar surface area (TPSA) is 64.6 Å². The van der Waals surface area contributed by atoms with Crippen molar-refractivity contribution < 1.29 is 19.1 Å². The van der Waals surface area contributed by atoms with Crippen molar-refractivity contribution in [2.45, 2.75) is 33.8 Å². The molecule has 0 aliphatic carbocycles. The predicted octanol–water partition coefficient (Wildman–Crippen LogP) is 3.80. The van der Waals surface area contributed by atoms with E-state index < -0.39 is 12.1 Å². The van der Waals surface area contributed by atoms with E-state index in [2.05, 4.69) is 16.1 Å². The van der Waals surface area contributed by atoms with Gasteiger partial charge in [-0.25, -0.2) is 4.79 Å². The molecule has 5 nitrogen and oxygen atoms in total. The Balaban J connectivity index is 2.04. The summed E-state index contributed by atoms with van der Waals surface area (Å²) in [6.45, 7) is 7.69. The maximum absolute atomic E-state index is 12.3. The normalized spacial score (nSPS) is 11.6. The molecule has 0 fully saturated rings. The highest BCUT2D eigenvalue weighted by atomic mass is 16.5. The molecule has 0 radical (unpaired) electrons. The number of aryl methyl sites for hydroxylation is 2. The van der Waals surface area contributed by atoms with Crippen LogP contribution in [0.5, 0.6) is 5.75 Å². The van der Waals surface area contributed by atoms with Gasteiger partial charge in [-0.3, -0.25) is 4.79 Å². The third-order valence-corrected chi connectivity index (χ3v) is 4.01. The van der Waals surface area contributed by atoms with Gasteiger partial charge in [0, 0.05) is 5.69 Å². The van der Waals surface area contributed by atoms with Gasteiger partial charge in [-0.2, -0.15) is 0 Å². The molecule has 0 aromatic heterocycles. The first-order valence-corrected chi connectivity index (χ1v) is 8.05. The Labute approximate surface area is 148 Å². The van der Waals surface area contributed by atoms with E-state index in [1.54, 1.807) is 31.2 Å². The van der Waals surface area contributed by atoms with E-state index in [9.17, 15) is 9.59 Å². The Hall–Kier alpha value is -2.82.